The zero-order chi connectivity index (χ0) is 13.2. The molecule has 3 rings (SSSR count). The number of hydrogen-bond donors (Lipinski definition) is 2. The zero-order valence-electron chi connectivity index (χ0n) is 10.1. The number of benzene rings is 1. The fraction of sp³-hybridized carbons (Fsp3) is 0.154. The third kappa shape index (κ3) is 2.25. The van der Waals surface area contributed by atoms with Crippen LogP contribution in [0.5, 0.6) is 0 Å². The molecule has 0 spiro atoms. The van der Waals surface area contributed by atoms with E-state index in [9.17, 15) is 4.79 Å². The Balaban J connectivity index is 1.99. The van der Waals surface area contributed by atoms with Gasteiger partial charge in [-0.25, -0.2) is 9.97 Å². The average Bonchev–Trinajstić information content (AvgIpc) is 2.86. The number of aromatic amines is 1. The maximum absolute atomic E-state index is 11.9. The first kappa shape index (κ1) is 11.6. The molecule has 19 heavy (non-hydrogen) atoms. The average molecular weight is 256 g/mol. The number of para-hydroxylation sites is 1. The largest absolute Gasteiger partial charge is 0.390 e. The third-order valence-corrected chi connectivity index (χ3v) is 2.84. The second-order valence-electron chi connectivity index (χ2n) is 4.23. The Labute approximate surface area is 108 Å². The normalized spacial score (nSPS) is 11.0. The fourth-order valence-electron chi connectivity index (χ4n) is 1.96. The topological polar surface area (TPSA) is 83.8 Å². The summed E-state index contributed by atoms with van der Waals surface area (Å²) >= 11 is 0. The molecule has 2 heterocycles. The molecule has 0 saturated carbocycles. The summed E-state index contributed by atoms with van der Waals surface area (Å²) in [5, 5.41) is 9.53. The molecule has 0 saturated heterocycles. The van der Waals surface area contributed by atoms with Crippen LogP contribution in [-0.4, -0.2) is 24.6 Å². The molecule has 2 aromatic heterocycles. The lowest BCUT2D eigenvalue weighted by molar-refractivity contribution is 0.277. The molecule has 0 atom stereocenters. The first-order valence-corrected chi connectivity index (χ1v) is 5.86. The summed E-state index contributed by atoms with van der Waals surface area (Å²) in [6.45, 7) is 0.307. The number of aliphatic hydroxyl groups is 1. The highest BCUT2D eigenvalue weighted by Gasteiger charge is 2.04. The highest BCUT2D eigenvalue weighted by Crippen LogP contribution is 2.06. The predicted octanol–water partition coefficient (Wildman–Crippen LogP) is 0.660. The minimum Gasteiger partial charge on any atom is -0.390 e. The van der Waals surface area contributed by atoms with Gasteiger partial charge in [0.2, 0.25) is 0 Å². The molecule has 0 fully saturated rings. The molecule has 0 aliphatic carbocycles. The molecule has 0 bridgehead atoms. The number of nitrogens with zero attached hydrogens (tertiary/aromatic N) is 3. The Morgan fingerprint density at radius 1 is 1.32 bits per heavy atom. The van der Waals surface area contributed by atoms with E-state index in [0.717, 1.165) is 0 Å². The van der Waals surface area contributed by atoms with Crippen LogP contribution in [0.4, 0.5) is 0 Å². The van der Waals surface area contributed by atoms with Crippen molar-refractivity contribution in [3.05, 3.63) is 58.7 Å². The van der Waals surface area contributed by atoms with E-state index in [2.05, 4.69) is 15.0 Å². The number of imidazole rings is 1. The molecule has 96 valence electrons. The van der Waals surface area contributed by atoms with Crippen molar-refractivity contribution in [2.75, 3.05) is 0 Å². The lowest BCUT2D eigenvalue weighted by Gasteiger charge is -2.03. The van der Waals surface area contributed by atoms with E-state index in [1.165, 1.54) is 0 Å². The molecule has 0 aliphatic heterocycles. The van der Waals surface area contributed by atoms with Gasteiger partial charge in [0, 0.05) is 6.20 Å². The van der Waals surface area contributed by atoms with E-state index in [4.69, 9.17) is 5.11 Å². The van der Waals surface area contributed by atoms with E-state index in [1.807, 2.05) is 12.1 Å². The van der Waals surface area contributed by atoms with E-state index < -0.39 is 0 Å². The van der Waals surface area contributed by atoms with Crippen molar-refractivity contribution in [1.29, 1.82) is 0 Å². The second-order valence-corrected chi connectivity index (χ2v) is 4.23. The quantitative estimate of drug-likeness (QED) is 0.721. The molecule has 2 N–H and O–H groups in total. The summed E-state index contributed by atoms with van der Waals surface area (Å²) in [6, 6.07) is 7.20. The number of aromatic nitrogens is 4. The summed E-state index contributed by atoms with van der Waals surface area (Å²) < 4.78 is 1.76. The van der Waals surface area contributed by atoms with Crippen LogP contribution in [0, 0.1) is 0 Å². The lowest BCUT2D eigenvalue weighted by atomic mass is 10.2. The number of aliphatic hydroxyl groups excluding tert-OH is 1. The summed E-state index contributed by atoms with van der Waals surface area (Å²) in [4.78, 5) is 23.0. The third-order valence-electron chi connectivity index (χ3n) is 2.84. The smallest absolute Gasteiger partial charge is 0.258 e. The van der Waals surface area contributed by atoms with Gasteiger partial charge in [-0.1, -0.05) is 12.1 Å². The van der Waals surface area contributed by atoms with Gasteiger partial charge in [0.25, 0.3) is 5.56 Å². The van der Waals surface area contributed by atoms with Crippen LogP contribution in [0.15, 0.2) is 41.6 Å². The van der Waals surface area contributed by atoms with Crippen LogP contribution in [0.1, 0.15) is 11.5 Å². The Bertz CT molecular complexity index is 775. The van der Waals surface area contributed by atoms with Crippen LogP contribution in [0.3, 0.4) is 0 Å². The van der Waals surface area contributed by atoms with E-state index in [0.29, 0.717) is 29.0 Å². The van der Waals surface area contributed by atoms with Gasteiger partial charge in [0.05, 0.1) is 36.1 Å². The van der Waals surface area contributed by atoms with Crippen LogP contribution in [0.25, 0.3) is 10.9 Å². The van der Waals surface area contributed by atoms with Gasteiger partial charge in [-0.15, -0.1) is 0 Å². The minimum atomic E-state index is -0.150. The molecule has 0 radical (unpaired) electrons. The predicted molar refractivity (Wildman–Crippen MR) is 69.6 cm³/mol. The molecule has 1 aromatic carbocycles. The van der Waals surface area contributed by atoms with Crippen molar-refractivity contribution in [2.24, 2.45) is 0 Å². The van der Waals surface area contributed by atoms with Crippen LogP contribution >= 0.6 is 0 Å². The number of H-pyrrole nitrogens is 1. The van der Waals surface area contributed by atoms with Crippen molar-refractivity contribution in [2.45, 2.75) is 13.2 Å². The van der Waals surface area contributed by atoms with Crippen molar-refractivity contribution < 1.29 is 5.11 Å². The summed E-state index contributed by atoms with van der Waals surface area (Å²) in [6.07, 6.45) is 3.32. The summed E-state index contributed by atoms with van der Waals surface area (Å²) in [5.41, 5.74) is 1.11. The van der Waals surface area contributed by atoms with Crippen molar-refractivity contribution in [3.8, 4) is 0 Å². The Morgan fingerprint density at radius 3 is 2.95 bits per heavy atom. The molecule has 0 amide bonds. The molecule has 0 aliphatic rings. The highest BCUT2D eigenvalue weighted by molar-refractivity contribution is 5.77. The zero-order valence-corrected chi connectivity index (χ0v) is 10.1. The summed E-state index contributed by atoms with van der Waals surface area (Å²) in [5.74, 6) is 0.561. The van der Waals surface area contributed by atoms with Gasteiger partial charge in [-0.3, -0.25) is 4.79 Å². The minimum absolute atomic E-state index is 0.103. The van der Waals surface area contributed by atoms with Gasteiger partial charge in [0.1, 0.15) is 5.82 Å². The standard InChI is InChI=1S/C13H12N4O2/c18-7-9-5-17(8-14-9)6-12-15-11-4-2-1-3-10(11)13(19)16-12/h1-5,8,18H,6-7H2,(H,15,16,19). The first-order valence-electron chi connectivity index (χ1n) is 5.86. The van der Waals surface area contributed by atoms with Gasteiger partial charge < -0.3 is 14.7 Å². The number of rotatable bonds is 3. The van der Waals surface area contributed by atoms with Crippen LogP contribution in [0.2, 0.25) is 0 Å². The second kappa shape index (κ2) is 4.66. The Hall–Kier alpha value is -2.47. The molecule has 6 nitrogen and oxygen atoms in total. The molecule has 6 heteroatoms. The van der Waals surface area contributed by atoms with Gasteiger partial charge >= 0.3 is 0 Å². The number of nitrogens with one attached hydrogen (secondary N) is 1. The van der Waals surface area contributed by atoms with E-state index >= 15 is 0 Å². The van der Waals surface area contributed by atoms with Crippen LogP contribution < -0.4 is 5.56 Å². The monoisotopic (exact) mass is 256 g/mol. The highest BCUT2D eigenvalue weighted by atomic mass is 16.3. The summed E-state index contributed by atoms with van der Waals surface area (Å²) in [7, 11) is 0. The number of fused-ring (bicyclic) bond motifs is 1. The van der Waals surface area contributed by atoms with E-state index in [-0.39, 0.29) is 12.2 Å². The van der Waals surface area contributed by atoms with Gasteiger partial charge in [-0.05, 0) is 12.1 Å². The van der Waals surface area contributed by atoms with Gasteiger partial charge in [-0.2, -0.15) is 0 Å². The van der Waals surface area contributed by atoms with Crippen molar-refractivity contribution >= 4 is 10.9 Å². The fourth-order valence-corrected chi connectivity index (χ4v) is 1.96. The molecular weight excluding hydrogens is 244 g/mol. The Morgan fingerprint density at radius 2 is 2.16 bits per heavy atom. The van der Waals surface area contributed by atoms with Crippen molar-refractivity contribution in [1.82, 2.24) is 19.5 Å². The lowest BCUT2D eigenvalue weighted by Crippen LogP contribution is -2.13. The molecular formula is C13H12N4O2. The maximum atomic E-state index is 11.9. The maximum Gasteiger partial charge on any atom is 0.258 e. The van der Waals surface area contributed by atoms with Gasteiger partial charge in [0.15, 0.2) is 0 Å². The van der Waals surface area contributed by atoms with Crippen molar-refractivity contribution in [3.63, 3.8) is 0 Å². The van der Waals surface area contributed by atoms with E-state index in [1.54, 1.807) is 29.2 Å². The molecule has 0 unspecified atom stereocenters. The van der Waals surface area contributed by atoms with Crippen LogP contribution in [-0.2, 0) is 13.2 Å². The Kier molecular flexibility index (Phi) is 2.85. The SMILES string of the molecule is O=c1[nH]c(Cn2cnc(CO)c2)nc2ccccc12. The first-order chi connectivity index (χ1) is 9.26. The molecule has 3 aromatic rings. The number of hydrogen-bond acceptors (Lipinski definition) is 4.